The molecule has 0 bridgehead atoms. The molecule has 17 heavy (non-hydrogen) atoms. The highest BCUT2D eigenvalue weighted by Crippen LogP contribution is 2.19. The first-order valence-corrected chi connectivity index (χ1v) is 6.59. The van der Waals surface area contributed by atoms with Gasteiger partial charge in [-0.1, -0.05) is 47.4 Å². The second kappa shape index (κ2) is 6.36. The van der Waals surface area contributed by atoms with Gasteiger partial charge in [0.1, 0.15) is 5.82 Å². The SMILES string of the molecule is CC(C)C(Br)CNC(=O)c1c(F)cccc1Cl. The Balaban J connectivity index is 2.71. The molecule has 0 spiro atoms. The van der Waals surface area contributed by atoms with E-state index in [1.54, 1.807) is 0 Å². The van der Waals surface area contributed by atoms with Crippen LogP contribution in [0, 0.1) is 11.7 Å². The third kappa shape index (κ3) is 3.96. The van der Waals surface area contributed by atoms with Gasteiger partial charge in [-0.3, -0.25) is 4.79 Å². The van der Waals surface area contributed by atoms with Crippen molar-refractivity contribution in [1.29, 1.82) is 0 Å². The zero-order valence-electron chi connectivity index (χ0n) is 9.64. The summed E-state index contributed by atoms with van der Waals surface area (Å²) in [7, 11) is 0. The molecule has 5 heteroatoms. The van der Waals surface area contributed by atoms with Crippen LogP contribution in [0.2, 0.25) is 5.02 Å². The quantitative estimate of drug-likeness (QED) is 0.843. The van der Waals surface area contributed by atoms with Crippen LogP contribution >= 0.6 is 27.5 Å². The lowest BCUT2D eigenvalue weighted by atomic mass is 10.1. The largest absolute Gasteiger partial charge is 0.351 e. The minimum atomic E-state index is -0.606. The first kappa shape index (κ1) is 14.5. The van der Waals surface area contributed by atoms with Gasteiger partial charge >= 0.3 is 0 Å². The fraction of sp³-hybridized carbons (Fsp3) is 0.417. The molecule has 1 rings (SSSR count). The van der Waals surface area contributed by atoms with Gasteiger partial charge in [-0.05, 0) is 18.1 Å². The second-order valence-electron chi connectivity index (χ2n) is 4.07. The van der Waals surface area contributed by atoms with Gasteiger partial charge < -0.3 is 5.32 Å². The zero-order chi connectivity index (χ0) is 13.0. The third-order valence-electron chi connectivity index (χ3n) is 2.37. The number of benzene rings is 1. The number of halogens is 3. The predicted octanol–water partition coefficient (Wildman–Crippen LogP) is 3.63. The Morgan fingerprint density at radius 3 is 2.71 bits per heavy atom. The minimum absolute atomic E-state index is 0.0994. The molecule has 1 unspecified atom stereocenters. The van der Waals surface area contributed by atoms with Crippen LogP contribution in [0.1, 0.15) is 24.2 Å². The normalized spacial score (nSPS) is 12.6. The maximum Gasteiger partial charge on any atom is 0.255 e. The van der Waals surface area contributed by atoms with E-state index in [0.717, 1.165) is 0 Å². The van der Waals surface area contributed by atoms with Gasteiger partial charge in [-0.2, -0.15) is 0 Å². The third-order valence-corrected chi connectivity index (χ3v) is 4.07. The van der Waals surface area contributed by atoms with E-state index in [0.29, 0.717) is 12.5 Å². The van der Waals surface area contributed by atoms with Crippen LogP contribution < -0.4 is 5.32 Å². The highest BCUT2D eigenvalue weighted by atomic mass is 79.9. The van der Waals surface area contributed by atoms with Crippen molar-refractivity contribution in [2.75, 3.05) is 6.54 Å². The van der Waals surface area contributed by atoms with Crippen molar-refractivity contribution >= 4 is 33.4 Å². The molecule has 0 saturated heterocycles. The maximum atomic E-state index is 13.4. The molecule has 1 atom stereocenters. The summed E-state index contributed by atoms with van der Waals surface area (Å²) in [6.07, 6.45) is 0. The molecular weight excluding hydrogens is 308 g/mol. The van der Waals surface area contributed by atoms with Crippen LogP contribution in [-0.2, 0) is 0 Å². The van der Waals surface area contributed by atoms with E-state index in [4.69, 9.17) is 11.6 Å². The second-order valence-corrected chi connectivity index (χ2v) is 5.65. The highest BCUT2D eigenvalue weighted by molar-refractivity contribution is 9.09. The van der Waals surface area contributed by atoms with Gasteiger partial charge in [0.05, 0.1) is 10.6 Å². The first-order chi connectivity index (χ1) is 7.93. The van der Waals surface area contributed by atoms with Crippen LogP contribution in [0.15, 0.2) is 18.2 Å². The van der Waals surface area contributed by atoms with Crippen LogP contribution in [0.3, 0.4) is 0 Å². The number of nitrogens with one attached hydrogen (secondary N) is 1. The molecule has 0 aliphatic carbocycles. The minimum Gasteiger partial charge on any atom is -0.351 e. The molecule has 0 aromatic heterocycles. The number of alkyl halides is 1. The van der Waals surface area contributed by atoms with Crippen molar-refractivity contribution in [3.05, 3.63) is 34.6 Å². The molecule has 0 heterocycles. The Labute approximate surface area is 114 Å². The number of hydrogen-bond acceptors (Lipinski definition) is 1. The number of rotatable bonds is 4. The molecule has 1 N–H and O–H groups in total. The topological polar surface area (TPSA) is 29.1 Å². The number of carbonyl (C=O) groups excluding carboxylic acids is 1. The number of hydrogen-bond donors (Lipinski definition) is 1. The van der Waals surface area contributed by atoms with Gasteiger partial charge in [-0.25, -0.2) is 4.39 Å². The predicted molar refractivity (Wildman–Crippen MR) is 71.3 cm³/mol. The smallest absolute Gasteiger partial charge is 0.255 e. The monoisotopic (exact) mass is 321 g/mol. The zero-order valence-corrected chi connectivity index (χ0v) is 12.0. The van der Waals surface area contributed by atoms with Gasteiger partial charge in [0.25, 0.3) is 5.91 Å². The van der Waals surface area contributed by atoms with E-state index in [9.17, 15) is 9.18 Å². The number of amides is 1. The fourth-order valence-corrected chi connectivity index (χ4v) is 1.64. The molecular formula is C12H14BrClFNO. The van der Waals surface area contributed by atoms with E-state index >= 15 is 0 Å². The summed E-state index contributed by atoms with van der Waals surface area (Å²) in [4.78, 5) is 11.9. The molecule has 2 nitrogen and oxygen atoms in total. The van der Waals surface area contributed by atoms with Crippen molar-refractivity contribution in [3.8, 4) is 0 Å². The van der Waals surface area contributed by atoms with Crippen molar-refractivity contribution in [2.24, 2.45) is 5.92 Å². The van der Waals surface area contributed by atoms with E-state index in [1.807, 2.05) is 13.8 Å². The molecule has 0 aliphatic rings. The Morgan fingerprint density at radius 1 is 1.53 bits per heavy atom. The van der Waals surface area contributed by atoms with E-state index in [-0.39, 0.29) is 15.4 Å². The average Bonchev–Trinajstić information content (AvgIpc) is 2.25. The highest BCUT2D eigenvalue weighted by Gasteiger charge is 2.17. The van der Waals surface area contributed by atoms with Crippen molar-refractivity contribution in [3.63, 3.8) is 0 Å². The fourth-order valence-electron chi connectivity index (χ4n) is 1.23. The summed E-state index contributed by atoms with van der Waals surface area (Å²) >= 11 is 9.23. The standard InChI is InChI=1S/C12H14BrClFNO/c1-7(2)8(13)6-16-12(17)11-9(14)4-3-5-10(11)15/h3-5,7-8H,6H2,1-2H3,(H,16,17). The first-order valence-electron chi connectivity index (χ1n) is 5.29. The van der Waals surface area contributed by atoms with E-state index < -0.39 is 11.7 Å². The summed E-state index contributed by atoms with van der Waals surface area (Å²) in [6, 6.07) is 4.18. The Morgan fingerprint density at radius 2 is 2.18 bits per heavy atom. The van der Waals surface area contributed by atoms with Crippen LogP contribution in [0.5, 0.6) is 0 Å². The van der Waals surface area contributed by atoms with Gasteiger partial charge in [0.2, 0.25) is 0 Å². The molecule has 1 aromatic rings. The molecule has 94 valence electrons. The maximum absolute atomic E-state index is 13.4. The Bertz CT molecular complexity index is 391. The lowest BCUT2D eigenvalue weighted by Crippen LogP contribution is -2.32. The molecule has 0 fully saturated rings. The molecule has 0 saturated carbocycles. The van der Waals surface area contributed by atoms with Crippen LogP contribution in [-0.4, -0.2) is 17.3 Å². The van der Waals surface area contributed by atoms with Gasteiger partial charge in [0.15, 0.2) is 0 Å². The average molecular weight is 323 g/mol. The van der Waals surface area contributed by atoms with Crippen molar-refractivity contribution in [2.45, 2.75) is 18.7 Å². The molecule has 1 amide bonds. The van der Waals surface area contributed by atoms with Crippen LogP contribution in [0.25, 0.3) is 0 Å². The molecule has 0 aliphatic heterocycles. The van der Waals surface area contributed by atoms with E-state index in [2.05, 4.69) is 21.2 Å². The van der Waals surface area contributed by atoms with Gasteiger partial charge in [0, 0.05) is 11.4 Å². The summed E-state index contributed by atoms with van der Waals surface area (Å²) in [5, 5.41) is 2.77. The molecule has 0 radical (unpaired) electrons. The van der Waals surface area contributed by atoms with E-state index in [1.165, 1.54) is 18.2 Å². The summed E-state index contributed by atoms with van der Waals surface area (Å²) < 4.78 is 13.4. The summed E-state index contributed by atoms with van der Waals surface area (Å²) in [5.74, 6) is -0.713. The Kier molecular flexibility index (Phi) is 5.40. The lowest BCUT2D eigenvalue weighted by molar-refractivity contribution is 0.0949. The summed E-state index contributed by atoms with van der Waals surface area (Å²) in [5.41, 5.74) is -0.0994. The summed E-state index contributed by atoms with van der Waals surface area (Å²) in [6.45, 7) is 4.49. The number of carbonyl (C=O) groups is 1. The van der Waals surface area contributed by atoms with Crippen molar-refractivity contribution < 1.29 is 9.18 Å². The Hall–Kier alpha value is -0.610. The lowest BCUT2D eigenvalue weighted by Gasteiger charge is -2.15. The van der Waals surface area contributed by atoms with Gasteiger partial charge in [-0.15, -0.1) is 0 Å². The van der Waals surface area contributed by atoms with Crippen LogP contribution in [0.4, 0.5) is 4.39 Å². The molecule has 1 aromatic carbocycles. The van der Waals surface area contributed by atoms with Crippen molar-refractivity contribution in [1.82, 2.24) is 5.32 Å².